The predicted octanol–water partition coefficient (Wildman–Crippen LogP) is 4.10. The highest BCUT2D eigenvalue weighted by molar-refractivity contribution is 5.98. The Bertz CT molecular complexity index is 458. The summed E-state index contributed by atoms with van der Waals surface area (Å²) in [7, 11) is 0. The minimum Gasteiger partial charge on any atom is -0.481 e. The number of aryl methyl sites for hydroxylation is 1. The summed E-state index contributed by atoms with van der Waals surface area (Å²) in [5, 5.41) is 9.05. The van der Waals surface area contributed by atoms with Crippen molar-refractivity contribution in [2.24, 2.45) is 5.41 Å². The summed E-state index contributed by atoms with van der Waals surface area (Å²) >= 11 is 0. The van der Waals surface area contributed by atoms with Crippen molar-refractivity contribution < 1.29 is 14.7 Å². The molecule has 3 heteroatoms. The summed E-state index contributed by atoms with van der Waals surface area (Å²) in [5.74, 6) is -1.06. The number of Topliss-reactive ketones (excluding diaryl/α,β-unsaturated/α-hetero) is 1. The minimum absolute atomic E-state index is 0.0253. The van der Waals surface area contributed by atoms with Crippen LogP contribution in [0.5, 0.6) is 0 Å². The molecule has 0 spiro atoms. The molecule has 0 bridgehead atoms. The molecular formula is C17H24O3. The van der Waals surface area contributed by atoms with Crippen molar-refractivity contribution in [1.82, 2.24) is 0 Å². The van der Waals surface area contributed by atoms with Gasteiger partial charge in [-0.25, -0.2) is 0 Å². The lowest BCUT2D eigenvalue weighted by atomic mass is 9.85. The van der Waals surface area contributed by atoms with Gasteiger partial charge in [-0.2, -0.15) is 0 Å². The number of unbranched alkanes of at least 4 members (excludes halogenated alkanes) is 2. The molecule has 110 valence electrons. The number of benzene rings is 1. The average molecular weight is 276 g/mol. The summed E-state index contributed by atoms with van der Waals surface area (Å²) in [6.45, 7) is 5.32. The predicted molar refractivity (Wildman–Crippen MR) is 80.0 cm³/mol. The number of carboxylic acids is 1. The maximum absolute atomic E-state index is 12.1. The van der Waals surface area contributed by atoms with Gasteiger partial charge in [-0.3, -0.25) is 9.59 Å². The van der Waals surface area contributed by atoms with Crippen LogP contribution in [0.15, 0.2) is 24.3 Å². The molecule has 0 aliphatic rings. The summed E-state index contributed by atoms with van der Waals surface area (Å²) in [4.78, 5) is 23.1. The molecule has 0 amide bonds. The third kappa shape index (κ3) is 4.80. The van der Waals surface area contributed by atoms with Gasteiger partial charge in [0.2, 0.25) is 0 Å². The van der Waals surface area contributed by atoms with Crippen molar-refractivity contribution in [3.05, 3.63) is 35.4 Å². The van der Waals surface area contributed by atoms with Gasteiger partial charge in [0, 0.05) is 12.0 Å². The van der Waals surface area contributed by atoms with Gasteiger partial charge in [0.15, 0.2) is 5.78 Å². The van der Waals surface area contributed by atoms with Gasteiger partial charge in [-0.15, -0.1) is 0 Å². The Hall–Kier alpha value is -1.64. The number of rotatable bonds is 8. The molecule has 1 aromatic rings. The number of ketones is 1. The van der Waals surface area contributed by atoms with Gasteiger partial charge in [-0.05, 0) is 32.3 Å². The Balaban J connectivity index is 2.64. The van der Waals surface area contributed by atoms with Gasteiger partial charge in [-0.1, -0.05) is 44.0 Å². The first kappa shape index (κ1) is 16.4. The van der Waals surface area contributed by atoms with Crippen molar-refractivity contribution in [2.45, 2.75) is 52.9 Å². The maximum Gasteiger partial charge on any atom is 0.309 e. The molecule has 0 radical (unpaired) electrons. The lowest BCUT2D eigenvalue weighted by Gasteiger charge is -2.17. The van der Waals surface area contributed by atoms with E-state index >= 15 is 0 Å². The Kier molecular flexibility index (Phi) is 5.93. The van der Waals surface area contributed by atoms with E-state index in [1.54, 1.807) is 13.8 Å². The van der Waals surface area contributed by atoms with Crippen LogP contribution in [0.2, 0.25) is 0 Å². The first-order chi connectivity index (χ1) is 9.36. The molecule has 0 aromatic heterocycles. The smallest absolute Gasteiger partial charge is 0.309 e. The van der Waals surface area contributed by atoms with E-state index in [4.69, 9.17) is 5.11 Å². The molecule has 0 heterocycles. The molecule has 0 aliphatic carbocycles. The molecule has 1 N–H and O–H groups in total. The highest BCUT2D eigenvalue weighted by atomic mass is 16.4. The lowest BCUT2D eigenvalue weighted by Crippen LogP contribution is -2.26. The fourth-order valence-corrected chi connectivity index (χ4v) is 2.02. The van der Waals surface area contributed by atoms with Gasteiger partial charge in [0.25, 0.3) is 0 Å². The SMILES string of the molecule is CCCCCc1ccc(C(=O)CC(C)(C)C(=O)O)cc1. The van der Waals surface area contributed by atoms with E-state index in [2.05, 4.69) is 6.92 Å². The summed E-state index contributed by atoms with van der Waals surface area (Å²) in [6, 6.07) is 7.55. The number of hydrogen-bond donors (Lipinski definition) is 1. The first-order valence-electron chi connectivity index (χ1n) is 7.22. The largest absolute Gasteiger partial charge is 0.481 e. The standard InChI is InChI=1S/C17H24O3/c1-4-5-6-7-13-8-10-14(11-9-13)15(18)12-17(2,3)16(19)20/h8-11H,4-7,12H2,1-3H3,(H,19,20). The van der Waals surface area contributed by atoms with Crippen LogP contribution in [-0.2, 0) is 11.2 Å². The maximum atomic E-state index is 12.1. The van der Waals surface area contributed by atoms with Crippen LogP contribution in [0.3, 0.4) is 0 Å². The van der Waals surface area contributed by atoms with E-state index in [9.17, 15) is 9.59 Å². The zero-order chi connectivity index (χ0) is 15.2. The summed E-state index contributed by atoms with van der Waals surface area (Å²) < 4.78 is 0. The van der Waals surface area contributed by atoms with Crippen molar-refractivity contribution >= 4 is 11.8 Å². The van der Waals surface area contributed by atoms with Crippen LogP contribution >= 0.6 is 0 Å². The molecule has 0 fully saturated rings. The topological polar surface area (TPSA) is 54.4 Å². The molecule has 0 saturated carbocycles. The van der Waals surface area contributed by atoms with Gasteiger partial charge in [0.1, 0.15) is 0 Å². The van der Waals surface area contributed by atoms with Crippen molar-refractivity contribution in [3.8, 4) is 0 Å². The summed E-state index contributed by atoms with van der Waals surface area (Å²) in [6.07, 6.45) is 4.63. The van der Waals surface area contributed by atoms with Crippen LogP contribution in [0.4, 0.5) is 0 Å². The highest BCUT2D eigenvalue weighted by Gasteiger charge is 2.30. The lowest BCUT2D eigenvalue weighted by molar-refractivity contribution is -0.146. The zero-order valence-corrected chi connectivity index (χ0v) is 12.6. The second-order valence-electron chi connectivity index (χ2n) is 5.94. The number of hydrogen-bond acceptors (Lipinski definition) is 2. The quantitative estimate of drug-likeness (QED) is 0.574. The number of carbonyl (C=O) groups is 2. The van der Waals surface area contributed by atoms with E-state index in [1.807, 2.05) is 24.3 Å². The molecule has 0 unspecified atom stereocenters. The molecule has 20 heavy (non-hydrogen) atoms. The molecule has 0 atom stereocenters. The van der Waals surface area contributed by atoms with Gasteiger partial charge in [0.05, 0.1) is 5.41 Å². The van der Waals surface area contributed by atoms with Crippen molar-refractivity contribution in [3.63, 3.8) is 0 Å². The van der Waals surface area contributed by atoms with Crippen LogP contribution in [-0.4, -0.2) is 16.9 Å². The van der Waals surface area contributed by atoms with E-state index in [-0.39, 0.29) is 12.2 Å². The van der Waals surface area contributed by atoms with Gasteiger partial charge < -0.3 is 5.11 Å². The molecular weight excluding hydrogens is 252 g/mol. The average Bonchev–Trinajstić information content (AvgIpc) is 2.39. The first-order valence-corrected chi connectivity index (χ1v) is 7.22. The van der Waals surface area contributed by atoms with E-state index in [0.717, 1.165) is 12.8 Å². The van der Waals surface area contributed by atoms with E-state index in [1.165, 1.54) is 18.4 Å². The number of aliphatic carboxylic acids is 1. The third-order valence-corrected chi connectivity index (χ3v) is 3.53. The fourth-order valence-electron chi connectivity index (χ4n) is 2.02. The van der Waals surface area contributed by atoms with E-state index in [0.29, 0.717) is 5.56 Å². The Labute approximate surface area is 121 Å². The Morgan fingerprint density at radius 2 is 1.70 bits per heavy atom. The van der Waals surface area contributed by atoms with Crippen LogP contribution in [0, 0.1) is 5.41 Å². The molecule has 0 saturated heterocycles. The van der Waals surface area contributed by atoms with Crippen LogP contribution in [0.1, 0.15) is 62.4 Å². The minimum atomic E-state index is -1.02. The highest BCUT2D eigenvalue weighted by Crippen LogP contribution is 2.23. The summed E-state index contributed by atoms with van der Waals surface area (Å²) in [5.41, 5.74) is 0.808. The molecule has 3 nitrogen and oxygen atoms in total. The van der Waals surface area contributed by atoms with Crippen molar-refractivity contribution in [2.75, 3.05) is 0 Å². The third-order valence-electron chi connectivity index (χ3n) is 3.53. The zero-order valence-electron chi connectivity index (χ0n) is 12.6. The fraction of sp³-hybridized carbons (Fsp3) is 0.529. The van der Waals surface area contributed by atoms with Crippen LogP contribution in [0.25, 0.3) is 0 Å². The Morgan fingerprint density at radius 3 is 2.20 bits per heavy atom. The monoisotopic (exact) mass is 276 g/mol. The molecule has 1 aromatic carbocycles. The second-order valence-corrected chi connectivity index (χ2v) is 5.94. The van der Waals surface area contributed by atoms with Crippen molar-refractivity contribution in [1.29, 1.82) is 0 Å². The van der Waals surface area contributed by atoms with E-state index < -0.39 is 11.4 Å². The Morgan fingerprint density at radius 1 is 1.10 bits per heavy atom. The number of carbonyl (C=O) groups excluding carboxylic acids is 1. The van der Waals surface area contributed by atoms with Gasteiger partial charge >= 0.3 is 5.97 Å². The second kappa shape index (κ2) is 7.22. The number of carboxylic acid groups (broad SMARTS) is 1. The molecule has 0 aliphatic heterocycles. The molecule has 1 rings (SSSR count). The van der Waals surface area contributed by atoms with Crippen LogP contribution < -0.4 is 0 Å². The normalized spacial score (nSPS) is 11.3.